The third-order valence-electron chi connectivity index (χ3n) is 3.35. The highest BCUT2D eigenvalue weighted by molar-refractivity contribution is 5.85. The second-order valence-electron chi connectivity index (χ2n) is 4.49. The molecule has 0 aromatic heterocycles. The van der Waals surface area contributed by atoms with Gasteiger partial charge >= 0.3 is 0 Å². The lowest BCUT2D eigenvalue weighted by molar-refractivity contribution is -0.385. The van der Waals surface area contributed by atoms with Crippen LogP contribution in [-0.2, 0) is 4.79 Å². The molecule has 1 unspecified atom stereocenters. The fourth-order valence-electron chi connectivity index (χ4n) is 2.37. The number of hydrogen-bond donors (Lipinski definition) is 2. The van der Waals surface area contributed by atoms with Crippen molar-refractivity contribution in [3.63, 3.8) is 0 Å². The number of amides is 1. The van der Waals surface area contributed by atoms with E-state index < -0.39 is 16.9 Å². The molecule has 7 heteroatoms. The molecule has 1 fully saturated rings. The van der Waals surface area contributed by atoms with Crippen LogP contribution in [0.15, 0.2) is 18.2 Å². The Balaban J connectivity index is 2.42. The van der Waals surface area contributed by atoms with Crippen LogP contribution < -0.4 is 16.0 Å². The van der Waals surface area contributed by atoms with Gasteiger partial charge in [0.25, 0.3) is 5.69 Å². The van der Waals surface area contributed by atoms with E-state index in [1.54, 1.807) is 19.1 Å². The zero-order valence-electron chi connectivity index (χ0n) is 10.6. The van der Waals surface area contributed by atoms with Gasteiger partial charge < -0.3 is 16.0 Å². The molecule has 1 atom stereocenters. The second kappa shape index (κ2) is 5.23. The van der Waals surface area contributed by atoms with E-state index in [0.29, 0.717) is 30.9 Å². The van der Waals surface area contributed by atoms with Gasteiger partial charge in [-0.3, -0.25) is 14.9 Å². The number of piperazine rings is 1. The number of nitrogens with one attached hydrogen (secondary N) is 1. The summed E-state index contributed by atoms with van der Waals surface area (Å²) in [7, 11) is 0. The lowest BCUT2D eigenvalue weighted by Gasteiger charge is -2.36. The first-order chi connectivity index (χ1) is 9.02. The normalized spacial score (nSPS) is 19.2. The van der Waals surface area contributed by atoms with Gasteiger partial charge in [0.15, 0.2) is 0 Å². The van der Waals surface area contributed by atoms with Crippen LogP contribution in [0.2, 0.25) is 0 Å². The van der Waals surface area contributed by atoms with Crippen molar-refractivity contribution in [1.82, 2.24) is 5.32 Å². The Kier molecular flexibility index (Phi) is 3.66. The van der Waals surface area contributed by atoms with E-state index in [1.165, 1.54) is 6.07 Å². The summed E-state index contributed by atoms with van der Waals surface area (Å²) in [4.78, 5) is 23.8. The van der Waals surface area contributed by atoms with Crippen molar-refractivity contribution in [1.29, 1.82) is 0 Å². The minimum absolute atomic E-state index is 0.0549. The molecule has 102 valence electrons. The molecule has 0 spiro atoms. The van der Waals surface area contributed by atoms with Crippen LogP contribution in [0.4, 0.5) is 11.4 Å². The molecule has 1 aromatic rings. The molecule has 1 aliphatic rings. The highest BCUT2D eigenvalue weighted by Gasteiger charge is 2.29. The summed E-state index contributed by atoms with van der Waals surface area (Å²) in [5.41, 5.74) is 6.69. The maximum atomic E-state index is 11.5. The van der Waals surface area contributed by atoms with Crippen molar-refractivity contribution in [3.05, 3.63) is 33.9 Å². The topological polar surface area (TPSA) is 102 Å². The van der Waals surface area contributed by atoms with E-state index in [2.05, 4.69) is 5.32 Å². The molecular weight excluding hydrogens is 248 g/mol. The fourth-order valence-corrected chi connectivity index (χ4v) is 2.37. The molecule has 1 aliphatic heterocycles. The van der Waals surface area contributed by atoms with Gasteiger partial charge in [-0.15, -0.1) is 0 Å². The number of nitro benzene ring substituents is 1. The molecule has 0 aliphatic carbocycles. The van der Waals surface area contributed by atoms with Crippen molar-refractivity contribution >= 4 is 17.3 Å². The van der Waals surface area contributed by atoms with Crippen LogP contribution in [-0.4, -0.2) is 36.5 Å². The summed E-state index contributed by atoms with van der Waals surface area (Å²) in [5.74, 6) is -0.432. The van der Waals surface area contributed by atoms with Crippen molar-refractivity contribution in [2.24, 2.45) is 5.73 Å². The van der Waals surface area contributed by atoms with Crippen molar-refractivity contribution in [2.75, 3.05) is 24.5 Å². The molecule has 0 radical (unpaired) electrons. The van der Waals surface area contributed by atoms with Gasteiger partial charge in [-0.1, -0.05) is 6.07 Å². The summed E-state index contributed by atoms with van der Waals surface area (Å²) in [6.07, 6.45) is 0. The Bertz CT molecular complexity index is 518. The maximum Gasteiger partial charge on any atom is 0.274 e. The SMILES string of the molecule is Cc1c(N2CCNCC2C(N)=O)cccc1[N+](=O)[O-]. The van der Waals surface area contributed by atoms with Gasteiger partial charge in [0.2, 0.25) is 5.91 Å². The molecule has 19 heavy (non-hydrogen) atoms. The third kappa shape index (κ3) is 2.50. The van der Waals surface area contributed by atoms with Gasteiger partial charge in [0.05, 0.1) is 10.5 Å². The summed E-state index contributed by atoms with van der Waals surface area (Å²) in [6, 6.07) is 4.39. The monoisotopic (exact) mass is 264 g/mol. The van der Waals surface area contributed by atoms with Gasteiger partial charge in [0, 0.05) is 31.4 Å². The standard InChI is InChI=1S/C12H16N4O3/c1-8-9(3-2-4-10(8)16(18)19)15-6-5-14-7-11(15)12(13)17/h2-4,11,14H,5-7H2,1H3,(H2,13,17). The van der Waals surface area contributed by atoms with Crippen molar-refractivity contribution < 1.29 is 9.72 Å². The largest absolute Gasteiger partial charge is 0.368 e. The van der Waals surface area contributed by atoms with E-state index in [0.717, 1.165) is 0 Å². The van der Waals surface area contributed by atoms with Gasteiger partial charge in [-0.2, -0.15) is 0 Å². The van der Waals surface area contributed by atoms with Gasteiger partial charge in [-0.25, -0.2) is 0 Å². The van der Waals surface area contributed by atoms with Crippen LogP contribution in [0.3, 0.4) is 0 Å². The number of benzene rings is 1. The summed E-state index contributed by atoms with van der Waals surface area (Å²) in [5, 5.41) is 14.1. The number of hydrogen-bond acceptors (Lipinski definition) is 5. The van der Waals surface area contributed by atoms with Crippen molar-refractivity contribution in [3.8, 4) is 0 Å². The summed E-state index contributed by atoms with van der Waals surface area (Å²) < 4.78 is 0. The molecule has 1 amide bonds. The number of anilines is 1. The van der Waals surface area contributed by atoms with E-state index in [-0.39, 0.29) is 5.69 Å². The van der Waals surface area contributed by atoms with Crippen LogP contribution in [0.25, 0.3) is 0 Å². The highest BCUT2D eigenvalue weighted by atomic mass is 16.6. The minimum Gasteiger partial charge on any atom is -0.368 e. The number of nitro groups is 1. The maximum absolute atomic E-state index is 11.5. The Hall–Kier alpha value is -2.15. The van der Waals surface area contributed by atoms with Crippen molar-refractivity contribution in [2.45, 2.75) is 13.0 Å². The molecule has 1 heterocycles. The summed E-state index contributed by atoms with van der Waals surface area (Å²) >= 11 is 0. The Labute approximate surface area is 110 Å². The molecule has 0 bridgehead atoms. The molecule has 2 rings (SSSR count). The average molecular weight is 264 g/mol. The average Bonchev–Trinajstić information content (AvgIpc) is 2.38. The zero-order valence-corrected chi connectivity index (χ0v) is 10.6. The molecule has 1 aromatic carbocycles. The number of rotatable bonds is 3. The Morgan fingerprint density at radius 2 is 2.32 bits per heavy atom. The first-order valence-electron chi connectivity index (χ1n) is 6.03. The lowest BCUT2D eigenvalue weighted by Crippen LogP contribution is -2.57. The fraction of sp³-hybridized carbons (Fsp3) is 0.417. The van der Waals surface area contributed by atoms with Crippen LogP contribution >= 0.6 is 0 Å². The highest BCUT2D eigenvalue weighted by Crippen LogP contribution is 2.29. The van der Waals surface area contributed by atoms with Crippen LogP contribution in [0.5, 0.6) is 0 Å². The second-order valence-corrected chi connectivity index (χ2v) is 4.49. The Morgan fingerprint density at radius 3 is 2.95 bits per heavy atom. The smallest absolute Gasteiger partial charge is 0.274 e. The molecule has 7 nitrogen and oxygen atoms in total. The number of nitrogens with two attached hydrogens (primary N) is 1. The predicted octanol–water partition coefficient (Wildman–Crippen LogP) is 0.167. The lowest BCUT2D eigenvalue weighted by atomic mass is 10.1. The van der Waals surface area contributed by atoms with E-state index in [1.807, 2.05) is 4.90 Å². The molecule has 1 saturated heterocycles. The number of carbonyl (C=O) groups is 1. The van der Waals surface area contributed by atoms with E-state index >= 15 is 0 Å². The zero-order chi connectivity index (χ0) is 14.0. The van der Waals surface area contributed by atoms with Gasteiger partial charge in [-0.05, 0) is 13.0 Å². The summed E-state index contributed by atoms with van der Waals surface area (Å²) in [6.45, 7) is 3.45. The minimum atomic E-state index is -0.477. The third-order valence-corrected chi connectivity index (χ3v) is 3.35. The predicted molar refractivity (Wildman–Crippen MR) is 71.0 cm³/mol. The molecule has 3 N–H and O–H groups in total. The first-order valence-corrected chi connectivity index (χ1v) is 6.03. The quantitative estimate of drug-likeness (QED) is 0.598. The number of carbonyl (C=O) groups excluding carboxylic acids is 1. The number of nitrogens with zero attached hydrogens (tertiary/aromatic N) is 2. The Morgan fingerprint density at radius 1 is 1.58 bits per heavy atom. The molecule has 0 saturated carbocycles. The van der Waals surface area contributed by atoms with Crippen LogP contribution in [0, 0.1) is 17.0 Å². The number of primary amides is 1. The first kappa shape index (κ1) is 13.3. The van der Waals surface area contributed by atoms with Crippen LogP contribution in [0.1, 0.15) is 5.56 Å². The van der Waals surface area contributed by atoms with E-state index in [9.17, 15) is 14.9 Å². The van der Waals surface area contributed by atoms with E-state index in [4.69, 9.17) is 5.73 Å². The molecular formula is C12H16N4O3. The van der Waals surface area contributed by atoms with Gasteiger partial charge in [0.1, 0.15) is 6.04 Å².